The average Bonchev–Trinajstić information content (AvgIpc) is 3.47. The van der Waals surface area contributed by atoms with E-state index in [1.54, 1.807) is 18.3 Å². The van der Waals surface area contributed by atoms with E-state index < -0.39 is 23.8 Å². The number of carbonyl (C=O) groups is 2. The summed E-state index contributed by atoms with van der Waals surface area (Å²) in [5, 5.41) is 9.72. The molecule has 1 aliphatic heterocycles. The molecule has 1 aliphatic rings. The van der Waals surface area contributed by atoms with Gasteiger partial charge in [0.05, 0.1) is 24.5 Å². The fourth-order valence-electron chi connectivity index (χ4n) is 5.89. The van der Waals surface area contributed by atoms with Gasteiger partial charge in [-0.25, -0.2) is 19.7 Å². The van der Waals surface area contributed by atoms with Crippen LogP contribution in [0.4, 0.5) is 22.1 Å². The van der Waals surface area contributed by atoms with E-state index in [1.165, 1.54) is 6.33 Å². The zero-order valence-corrected chi connectivity index (χ0v) is 29.8. The molecule has 1 atom stereocenters. The number of amides is 2. The number of benzene rings is 3. The summed E-state index contributed by atoms with van der Waals surface area (Å²) in [6.07, 6.45) is 4.41. The quantitative estimate of drug-likeness (QED) is 0.136. The number of likely N-dealkylation sites (tertiary alicyclic amines) is 1. The van der Waals surface area contributed by atoms with Crippen LogP contribution in [0.1, 0.15) is 61.5 Å². The van der Waals surface area contributed by atoms with Crippen LogP contribution < -0.4 is 25.4 Å². The van der Waals surface area contributed by atoms with Crippen LogP contribution in [0.5, 0.6) is 17.2 Å². The number of piperidine rings is 1. The van der Waals surface area contributed by atoms with Gasteiger partial charge in [0.1, 0.15) is 52.5 Å². The van der Waals surface area contributed by atoms with Gasteiger partial charge in [0.25, 0.3) is 5.91 Å². The summed E-state index contributed by atoms with van der Waals surface area (Å²) >= 11 is 0. The molecule has 2 aromatic heterocycles. The number of hydrogen-bond donors (Lipinski definition) is 3. The highest BCUT2D eigenvalue weighted by molar-refractivity contribution is 6.04. The van der Waals surface area contributed by atoms with Crippen LogP contribution in [-0.4, -0.2) is 61.8 Å². The van der Waals surface area contributed by atoms with Crippen LogP contribution in [0.15, 0.2) is 73.3 Å². The van der Waals surface area contributed by atoms with E-state index in [2.05, 4.69) is 30.9 Å². The van der Waals surface area contributed by atoms with Crippen LogP contribution in [0, 0.1) is 6.92 Å². The van der Waals surface area contributed by atoms with Gasteiger partial charge in [0.15, 0.2) is 0 Å². The van der Waals surface area contributed by atoms with Crippen molar-refractivity contribution >= 4 is 40.4 Å². The van der Waals surface area contributed by atoms with Crippen LogP contribution in [0.2, 0.25) is 0 Å². The number of imidazole rings is 1. The summed E-state index contributed by atoms with van der Waals surface area (Å²) in [5.41, 5.74) is 3.93. The summed E-state index contributed by atoms with van der Waals surface area (Å²) in [6, 6.07) is 19.1. The number of hydrogen-bond acceptors (Lipinski definition) is 10. The Kier molecular flexibility index (Phi) is 10.3. The van der Waals surface area contributed by atoms with Gasteiger partial charge in [0.2, 0.25) is 0 Å². The Balaban J connectivity index is 1.26. The Bertz CT molecular complexity index is 2020. The van der Waals surface area contributed by atoms with Gasteiger partial charge < -0.3 is 34.7 Å². The van der Waals surface area contributed by atoms with Crippen molar-refractivity contribution in [2.45, 2.75) is 65.3 Å². The standard InChI is InChI=1S/C38H44N8O5/c1-24-19-26(12-17-31(24)50-28-15-16-30-29(20-28)42-23-45(30)5)43-35-33(34(40-22-41-35)39-21-25-10-13-27(49-6)14-11-25)36(47)44-32-9-7-8-18-46(32)37(48)51-38(2,3)4/h10-17,19-20,22-23,32H,7-9,18,21H2,1-6H3,(H,44,47)(H2,39,40,41,43). The topological polar surface area (TPSA) is 145 Å². The summed E-state index contributed by atoms with van der Waals surface area (Å²) in [4.78, 5) is 42.3. The number of methoxy groups -OCH3 is 1. The van der Waals surface area contributed by atoms with Gasteiger partial charge >= 0.3 is 6.09 Å². The van der Waals surface area contributed by atoms with Crippen LogP contribution in [-0.2, 0) is 18.3 Å². The number of carbonyl (C=O) groups excluding carboxylic acids is 2. The Morgan fingerprint density at radius 1 is 0.941 bits per heavy atom. The van der Waals surface area contributed by atoms with Crippen LogP contribution in [0.25, 0.3) is 11.0 Å². The van der Waals surface area contributed by atoms with Gasteiger partial charge in [-0.05, 0) is 101 Å². The number of aryl methyl sites for hydroxylation is 2. The molecule has 3 aromatic carbocycles. The number of nitrogens with zero attached hydrogens (tertiary/aromatic N) is 5. The lowest BCUT2D eigenvalue weighted by Crippen LogP contribution is -2.54. The zero-order valence-electron chi connectivity index (χ0n) is 29.8. The van der Waals surface area contributed by atoms with E-state index in [0.29, 0.717) is 48.3 Å². The van der Waals surface area contributed by atoms with Crippen LogP contribution in [0.3, 0.4) is 0 Å². The summed E-state index contributed by atoms with van der Waals surface area (Å²) in [5.74, 6) is 2.30. The second-order valence-electron chi connectivity index (χ2n) is 13.5. The molecule has 51 heavy (non-hydrogen) atoms. The van der Waals surface area contributed by atoms with E-state index in [4.69, 9.17) is 14.2 Å². The molecule has 0 bridgehead atoms. The molecule has 5 aromatic rings. The maximum absolute atomic E-state index is 14.2. The van der Waals surface area contributed by atoms with Gasteiger partial charge in [0, 0.05) is 31.9 Å². The first-order valence-electron chi connectivity index (χ1n) is 17.0. The summed E-state index contributed by atoms with van der Waals surface area (Å²) < 4.78 is 19.1. The van der Waals surface area contributed by atoms with E-state index >= 15 is 0 Å². The Morgan fingerprint density at radius 3 is 2.45 bits per heavy atom. The maximum Gasteiger partial charge on any atom is 0.411 e. The molecule has 13 nitrogen and oxygen atoms in total. The number of rotatable bonds is 10. The van der Waals surface area contributed by atoms with Crippen molar-refractivity contribution in [2.75, 3.05) is 24.3 Å². The molecule has 3 N–H and O–H groups in total. The van der Waals surface area contributed by atoms with Crippen molar-refractivity contribution in [3.05, 3.63) is 90.0 Å². The molecule has 2 amide bonds. The van der Waals surface area contributed by atoms with Crippen molar-refractivity contribution in [3.63, 3.8) is 0 Å². The van der Waals surface area contributed by atoms with Crippen molar-refractivity contribution in [3.8, 4) is 17.2 Å². The molecule has 0 aliphatic carbocycles. The number of aromatic nitrogens is 4. The number of fused-ring (bicyclic) bond motifs is 1. The first kappa shape index (κ1) is 35.0. The van der Waals surface area contributed by atoms with E-state index in [1.807, 2.05) is 100.0 Å². The molecule has 3 heterocycles. The van der Waals surface area contributed by atoms with Crippen LogP contribution >= 0.6 is 0 Å². The Labute approximate surface area is 297 Å². The highest BCUT2D eigenvalue weighted by atomic mass is 16.6. The molecule has 13 heteroatoms. The second kappa shape index (κ2) is 15.0. The van der Waals surface area contributed by atoms with Gasteiger partial charge in [-0.3, -0.25) is 9.69 Å². The predicted molar refractivity (Wildman–Crippen MR) is 196 cm³/mol. The number of ether oxygens (including phenoxy) is 3. The monoisotopic (exact) mass is 692 g/mol. The minimum Gasteiger partial charge on any atom is -0.497 e. The first-order valence-corrected chi connectivity index (χ1v) is 17.0. The smallest absolute Gasteiger partial charge is 0.411 e. The third kappa shape index (κ3) is 8.48. The lowest BCUT2D eigenvalue weighted by molar-refractivity contribution is 0.00603. The molecule has 0 spiro atoms. The molecule has 1 saturated heterocycles. The SMILES string of the molecule is COc1ccc(CNc2ncnc(Nc3ccc(Oc4ccc5c(c4)ncn5C)c(C)c3)c2C(=O)NC2CCCCN2C(=O)OC(C)(C)C)cc1. The molecular weight excluding hydrogens is 648 g/mol. The second-order valence-corrected chi connectivity index (χ2v) is 13.5. The van der Waals surface area contributed by atoms with E-state index in [0.717, 1.165) is 40.8 Å². The lowest BCUT2D eigenvalue weighted by atomic mass is 10.1. The van der Waals surface area contributed by atoms with E-state index in [9.17, 15) is 9.59 Å². The van der Waals surface area contributed by atoms with Crippen molar-refractivity contribution in [1.82, 2.24) is 29.7 Å². The minimum atomic E-state index is -0.669. The van der Waals surface area contributed by atoms with Crippen molar-refractivity contribution in [2.24, 2.45) is 7.05 Å². The normalized spacial score (nSPS) is 14.5. The minimum absolute atomic E-state index is 0.211. The highest BCUT2D eigenvalue weighted by Gasteiger charge is 2.33. The highest BCUT2D eigenvalue weighted by Crippen LogP contribution is 2.32. The molecule has 0 saturated carbocycles. The Morgan fingerprint density at radius 2 is 1.71 bits per heavy atom. The summed E-state index contributed by atoms with van der Waals surface area (Å²) in [6.45, 7) is 8.28. The molecule has 1 fully saturated rings. The van der Waals surface area contributed by atoms with Gasteiger partial charge in [-0.15, -0.1) is 0 Å². The summed E-state index contributed by atoms with van der Waals surface area (Å²) in [7, 11) is 3.57. The van der Waals surface area contributed by atoms with Crippen molar-refractivity contribution in [1.29, 1.82) is 0 Å². The molecule has 1 unspecified atom stereocenters. The number of anilines is 3. The predicted octanol–water partition coefficient (Wildman–Crippen LogP) is 7.31. The molecule has 266 valence electrons. The number of nitrogens with one attached hydrogen (secondary N) is 3. The largest absolute Gasteiger partial charge is 0.497 e. The molecular formula is C38H44N8O5. The lowest BCUT2D eigenvalue weighted by Gasteiger charge is -2.37. The Hall–Kier alpha value is -5.85. The van der Waals surface area contributed by atoms with Gasteiger partial charge in [-0.2, -0.15) is 0 Å². The van der Waals surface area contributed by atoms with Crippen molar-refractivity contribution < 1.29 is 23.8 Å². The zero-order chi connectivity index (χ0) is 36.1. The van der Waals surface area contributed by atoms with E-state index in [-0.39, 0.29) is 5.56 Å². The third-order valence-electron chi connectivity index (χ3n) is 8.48. The molecule has 0 radical (unpaired) electrons. The fraction of sp³-hybridized carbons (Fsp3) is 0.342. The third-order valence-corrected chi connectivity index (χ3v) is 8.48. The first-order chi connectivity index (χ1) is 24.5. The average molecular weight is 693 g/mol. The van der Waals surface area contributed by atoms with Gasteiger partial charge in [-0.1, -0.05) is 12.1 Å². The maximum atomic E-state index is 14.2. The molecule has 6 rings (SSSR count). The fourth-order valence-corrected chi connectivity index (χ4v) is 5.89.